The zero-order chi connectivity index (χ0) is 8.97. The van der Waals surface area contributed by atoms with Crippen molar-refractivity contribution in [3.63, 3.8) is 0 Å². The van der Waals surface area contributed by atoms with Crippen LogP contribution in [0.25, 0.3) is 0 Å². The summed E-state index contributed by atoms with van der Waals surface area (Å²) < 4.78 is 1.12. The van der Waals surface area contributed by atoms with Gasteiger partial charge in [-0.2, -0.15) is 0 Å². The average molecular weight is 265 g/mol. The Morgan fingerprint density at radius 2 is 1.85 bits per heavy atom. The van der Waals surface area contributed by atoms with E-state index in [1.165, 1.54) is 5.56 Å². The number of hydrogen-bond donors (Lipinski definition) is 1. The Labute approximate surface area is 94.3 Å². The van der Waals surface area contributed by atoms with Crippen LogP contribution in [0.2, 0.25) is 0 Å². The van der Waals surface area contributed by atoms with Crippen LogP contribution in [0, 0.1) is 0 Å². The van der Waals surface area contributed by atoms with E-state index in [4.69, 9.17) is 5.73 Å². The SMILES string of the molecule is CCC(N)Cc1ccc(Br)cc1.Cl. The fourth-order valence-electron chi connectivity index (χ4n) is 1.07. The van der Waals surface area contributed by atoms with E-state index >= 15 is 0 Å². The summed E-state index contributed by atoms with van der Waals surface area (Å²) >= 11 is 3.40. The molecule has 2 N–H and O–H groups in total. The molecule has 0 radical (unpaired) electrons. The lowest BCUT2D eigenvalue weighted by Crippen LogP contribution is -2.21. The number of rotatable bonds is 3. The summed E-state index contributed by atoms with van der Waals surface area (Å²) in [6.45, 7) is 2.11. The lowest BCUT2D eigenvalue weighted by Gasteiger charge is -2.07. The number of hydrogen-bond acceptors (Lipinski definition) is 1. The molecule has 0 saturated heterocycles. The molecule has 3 heteroatoms. The van der Waals surface area contributed by atoms with Crippen molar-refractivity contribution >= 4 is 28.3 Å². The number of halogens is 2. The number of nitrogens with two attached hydrogens (primary N) is 1. The van der Waals surface area contributed by atoms with Crippen molar-refractivity contribution in [2.45, 2.75) is 25.8 Å². The normalized spacial score (nSPS) is 11.9. The van der Waals surface area contributed by atoms with Gasteiger partial charge in [0.15, 0.2) is 0 Å². The molecule has 1 aromatic rings. The van der Waals surface area contributed by atoms with Crippen LogP contribution >= 0.6 is 28.3 Å². The topological polar surface area (TPSA) is 26.0 Å². The third-order valence-electron chi connectivity index (χ3n) is 1.94. The van der Waals surface area contributed by atoms with Crippen LogP contribution in [0.5, 0.6) is 0 Å². The summed E-state index contributed by atoms with van der Waals surface area (Å²) in [6, 6.07) is 8.63. The van der Waals surface area contributed by atoms with Crippen molar-refractivity contribution in [2.75, 3.05) is 0 Å². The zero-order valence-electron chi connectivity index (χ0n) is 7.66. The Balaban J connectivity index is 0.00000144. The summed E-state index contributed by atoms with van der Waals surface area (Å²) in [5.74, 6) is 0. The lowest BCUT2D eigenvalue weighted by molar-refractivity contribution is 0.646. The smallest absolute Gasteiger partial charge is 0.0175 e. The van der Waals surface area contributed by atoms with Gasteiger partial charge in [0.25, 0.3) is 0 Å². The Morgan fingerprint density at radius 3 is 2.31 bits per heavy atom. The average Bonchev–Trinajstić information content (AvgIpc) is 2.09. The third kappa shape index (κ3) is 4.65. The Bertz CT molecular complexity index is 235. The maximum atomic E-state index is 5.83. The minimum absolute atomic E-state index is 0. The first-order valence-corrected chi connectivity index (χ1v) is 5.01. The second-order valence-corrected chi connectivity index (χ2v) is 3.91. The standard InChI is InChI=1S/C10H14BrN.ClH/c1-2-10(12)7-8-3-5-9(11)6-4-8;/h3-6,10H,2,7,12H2,1H3;1H. The first-order valence-electron chi connectivity index (χ1n) is 4.22. The zero-order valence-corrected chi connectivity index (χ0v) is 10.1. The quantitative estimate of drug-likeness (QED) is 0.892. The second-order valence-electron chi connectivity index (χ2n) is 3.00. The van der Waals surface area contributed by atoms with Gasteiger partial charge >= 0.3 is 0 Å². The summed E-state index contributed by atoms with van der Waals surface area (Å²) in [4.78, 5) is 0. The van der Waals surface area contributed by atoms with Gasteiger partial charge in [0.05, 0.1) is 0 Å². The van der Waals surface area contributed by atoms with Crippen LogP contribution in [0.3, 0.4) is 0 Å². The molecule has 1 nitrogen and oxygen atoms in total. The minimum atomic E-state index is 0. The molecule has 1 unspecified atom stereocenters. The molecule has 0 spiro atoms. The highest BCUT2D eigenvalue weighted by Crippen LogP contribution is 2.11. The van der Waals surface area contributed by atoms with Crippen molar-refractivity contribution in [1.82, 2.24) is 0 Å². The molecule has 0 aliphatic heterocycles. The Kier molecular flexibility index (Phi) is 6.39. The molecule has 0 amide bonds. The minimum Gasteiger partial charge on any atom is -0.327 e. The summed E-state index contributed by atoms with van der Waals surface area (Å²) in [5, 5.41) is 0. The Morgan fingerprint density at radius 1 is 1.31 bits per heavy atom. The van der Waals surface area contributed by atoms with E-state index in [1.807, 2.05) is 0 Å². The van der Waals surface area contributed by atoms with E-state index in [-0.39, 0.29) is 12.4 Å². The third-order valence-corrected chi connectivity index (χ3v) is 2.46. The van der Waals surface area contributed by atoms with Gasteiger partial charge in [0.1, 0.15) is 0 Å². The van der Waals surface area contributed by atoms with E-state index in [1.54, 1.807) is 0 Å². The van der Waals surface area contributed by atoms with E-state index in [2.05, 4.69) is 47.1 Å². The first-order chi connectivity index (χ1) is 5.72. The highest BCUT2D eigenvalue weighted by atomic mass is 79.9. The van der Waals surface area contributed by atoms with E-state index in [9.17, 15) is 0 Å². The van der Waals surface area contributed by atoms with Crippen molar-refractivity contribution in [1.29, 1.82) is 0 Å². The van der Waals surface area contributed by atoms with Gasteiger partial charge in [0.2, 0.25) is 0 Å². The molecule has 13 heavy (non-hydrogen) atoms. The largest absolute Gasteiger partial charge is 0.327 e. The van der Waals surface area contributed by atoms with Crippen molar-refractivity contribution < 1.29 is 0 Å². The molecule has 0 aliphatic carbocycles. The van der Waals surface area contributed by atoms with Gasteiger partial charge in [-0.1, -0.05) is 35.0 Å². The van der Waals surface area contributed by atoms with Crippen molar-refractivity contribution in [2.24, 2.45) is 5.73 Å². The highest BCUT2D eigenvalue weighted by Gasteiger charge is 2.00. The van der Waals surface area contributed by atoms with Gasteiger partial charge in [-0.15, -0.1) is 12.4 Å². The molecule has 0 aromatic heterocycles. The van der Waals surface area contributed by atoms with E-state index in [0.29, 0.717) is 6.04 Å². The van der Waals surface area contributed by atoms with Crippen molar-refractivity contribution in [3.8, 4) is 0 Å². The summed E-state index contributed by atoms with van der Waals surface area (Å²) in [6.07, 6.45) is 2.01. The lowest BCUT2D eigenvalue weighted by atomic mass is 10.1. The van der Waals surface area contributed by atoms with Gasteiger partial charge < -0.3 is 5.73 Å². The van der Waals surface area contributed by atoms with Crippen LogP contribution in [0.4, 0.5) is 0 Å². The van der Waals surface area contributed by atoms with Crippen molar-refractivity contribution in [3.05, 3.63) is 34.3 Å². The molecule has 0 fully saturated rings. The van der Waals surface area contributed by atoms with Gasteiger partial charge in [-0.3, -0.25) is 0 Å². The van der Waals surface area contributed by atoms with Crippen LogP contribution < -0.4 is 5.73 Å². The number of benzene rings is 1. The molecular weight excluding hydrogens is 249 g/mol. The van der Waals surface area contributed by atoms with E-state index in [0.717, 1.165) is 17.3 Å². The molecule has 1 rings (SSSR count). The molecule has 0 heterocycles. The molecule has 0 bridgehead atoms. The molecular formula is C10H15BrClN. The van der Waals surface area contributed by atoms with Crippen LogP contribution in [-0.4, -0.2) is 6.04 Å². The molecule has 0 saturated carbocycles. The monoisotopic (exact) mass is 263 g/mol. The predicted octanol–water partition coefficient (Wildman–Crippen LogP) is 3.15. The molecule has 0 aliphatic rings. The maximum Gasteiger partial charge on any atom is 0.0175 e. The van der Waals surface area contributed by atoms with Gasteiger partial charge in [-0.25, -0.2) is 0 Å². The highest BCUT2D eigenvalue weighted by molar-refractivity contribution is 9.10. The van der Waals surface area contributed by atoms with Crippen LogP contribution in [-0.2, 0) is 6.42 Å². The molecule has 1 aromatic carbocycles. The fraction of sp³-hybridized carbons (Fsp3) is 0.400. The summed E-state index contributed by atoms with van der Waals surface area (Å²) in [7, 11) is 0. The maximum absolute atomic E-state index is 5.83. The predicted molar refractivity (Wildman–Crippen MR) is 63.4 cm³/mol. The summed E-state index contributed by atoms with van der Waals surface area (Å²) in [5.41, 5.74) is 7.14. The second kappa shape index (κ2) is 6.41. The first kappa shape index (κ1) is 12.9. The van der Waals surface area contributed by atoms with Crippen LogP contribution in [0.1, 0.15) is 18.9 Å². The van der Waals surface area contributed by atoms with E-state index < -0.39 is 0 Å². The van der Waals surface area contributed by atoms with Gasteiger partial charge in [0, 0.05) is 10.5 Å². The Hall–Kier alpha value is -0.0500. The van der Waals surface area contributed by atoms with Gasteiger partial charge in [-0.05, 0) is 30.5 Å². The molecule has 1 atom stereocenters. The van der Waals surface area contributed by atoms with Crippen LogP contribution in [0.15, 0.2) is 28.7 Å². The fourth-order valence-corrected chi connectivity index (χ4v) is 1.33. The molecule has 74 valence electrons.